The fourth-order valence-electron chi connectivity index (χ4n) is 1.56. The molecule has 15 heavy (non-hydrogen) atoms. The number of aliphatic hydroxyl groups excluding tert-OH is 1. The maximum absolute atomic E-state index is 9.62. The number of hydrogen-bond acceptors (Lipinski definition) is 4. The molecule has 1 N–H and O–H groups in total. The largest absolute Gasteiger partial charge is 0.393 e. The van der Waals surface area contributed by atoms with Crippen molar-refractivity contribution in [3.63, 3.8) is 0 Å². The van der Waals surface area contributed by atoms with Gasteiger partial charge in [0.1, 0.15) is 11.2 Å². The summed E-state index contributed by atoms with van der Waals surface area (Å²) in [5.74, 6) is 0. The van der Waals surface area contributed by atoms with E-state index in [4.69, 9.17) is 0 Å². The lowest BCUT2D eigenvalue weighted by molar-refractivity contribution is 0.170. The van der Waals surface area contributed by atoms with Gasteiger partial charge in [-0.3, -0.25) is 0 Å². The standard InChI is InChI=1S/C11H14N2OS/c1-3-8(14)5-10-9-4-7(2)15-11(9)13-6-12-10/h4,6,8,14H,3,5H2,1-2H3. The van der Waals surface area contributed by atoms with Crippen LogP contribution >= 0.6 is 11.3 Å². The highest BCUT2D eigenvalue weighted by molar-refractivity contribution is 7.18. The van der Waals surface area contributed by atoms with Crippen LogP contribution in [0, 0.1) is 6.92 Å². The molecule has 1 unspecified atom stereocenters. The molecule has 2 heterocycles. The third-order valence-corrected chi connectivity index (χ3v) is 3.39. The fraction of sp³-hybridized carbons (Fsp3) is 0.455. The number of aryl methyl sites for hydroxylation is 1. The van der Waals surface area contributed by atoms with Crippen molar-refractivity contribution in [2.24, 2.45) is 0 Å². The van der Waals surface area contributed by atoms with E-state index in [1.165, 1.54) is 4.88 Å². The molecule has 0 fully saturated rings. The van der Waals surface area contributed by atoms with Crippen LogP contribution in [0.2, 0.25) is 0 Å². The fourth-order valence-corrected chi connectivity index (χ4v) is 2.42. The van der Waals surface area contributed by atoms with Gasteiger partial charge in [0.15, 0.2) is 0 Å². The second kappa shape index (κ2) is 4.24. The lowest BCUT2D eigenvalue weighted by Gasteiger charge is -2.06. The molecule has 0 aliphatic carbocycles. The van der Waals surface area contributed by atoms with Crippen LogP contribution in [0.4, 0.5) is 0 Å². The van der Waals surface area contributed by atoms with Crippen molar-refractivity contribution in [3.8, 4) is 0 Å². The van der Waals surface area contributed by atoms with E-state index in [0.717, 1.165) is 22.3 Å². The van der Waals surface area contributed by atoms with Crippen molar-refractivity contribution in [1.82, 2.24) is 9.97 Å². The summed E-state index contributed by atoms with van der Waals surface area (Å²) in [6, 6.07) is 2.09. The predicted molar refractivity (Wildman–Crippen MR) is 62.2 cm³/mol. The van der Waals surface area contributed by atoms with Crippen molar-refractivity contribution in [3.05, 3.63) is 23.0 Å². The average molecular weight is 222 g/mol. The van der Waals surface area contributed by atoms with Crippen LogP contribution in [0.5, 0.6) is 0 Å². The van der Waals surface area contributed by atoms with E-state index in [0.29, 0.717) is 6.42 Å². The second-order valence-corrected chi connectivity index (χ2v) is 4.90. The Kier molecular flexibility index (Phi) is 2.98. The lowest BCUT2D eigenvalue weighted by Crippen LogP contribution is -2.09. The summed E-state index contributed by atoms with van der Waals surface area (Å²) in [7, 11) is 0. The Morgan fingerprint density at radius 1 is 1.47 bits per heavy atom. The van der Waals surface area contributed by atoms with Gasteiger partial charge in [-0.25, -0.2) is 9.97 Å². The summed E-state index contributed by atoms with van der Waals surface area (Å²) in [6.07, 6.45) is 2.65. The molecular weight excluding hydrogens is 208 g/mol. The Labute approximate surface area is 92.8 Å². The Morgan fingerprint density at radius 3 is 3.00 bits per heavy atom. The molecule has 2 aromatic heterocycles. The van der Waals surface area contributed by atoms with E-state index in [2.05, 4.69) is 23.0 Å². The highest BCUT2D eigenvalue weighted by Crippen LogP contribution is 2.25. The van der Waals surface area contributed by atoms with E-state index in [-0.39, 0.29) is 6.10 Å². The smallest absolute Gasteiger partial charge is 0.127 e. The molecule has 2 aromatic rings. The molecule has 0 aliphatic heterocycles. The van der Waals surface area contributed by atoms with E-state index in [1.807, 2.05) is 6.92 Å². The molecule has 3 nitrogen and oxygen atoms in total. The van der Waals surface area contributed by atoms with Gasteiger partial charge in [-0.15, -0.1) is 11.3 Å². The summed E-state index contributed by atoms with van der Waals surface area (Å²) in [5.41, 5.74) is 0.957. The first kappa shape index (κ1) is 10.5. The second-order valence-electron chi connectivity index (χ2n) is 3.66. The number of aromatic nitrogens is 2. The molecule has 0 aliphatic rings. The molecule has 80 valence electrons. The van der Waals surface area contributed by atoms with Gasteiger partial charge in [0, 0.05) is 16.7 Å². The highest BCUT2D eigenvalue weighted by atomic mass is 32.1. The number of hydrogen-bond donors (Lipinski definition) is 1. The molecule has 2 rings (SSSR count). The summed E-state index contributed by atoms with van der Waals surface area (Å²) in [5, 5.41) is 10.7. The molecule has 0 amide bonds. The van der Waals surface area contributed by atoms with Gasteiger partial charge >= 0.3 is 0 Å². The first-order valence-corrected chi connectivity index (χ1v) is 5.90. The molecule has 1 atom stereocenters. The molecule has 0 spiro atoms. The molecule has 0 saturated heterocycles. The topological polar surface area (TPSA) is 46.0 Å². The zero-order valence-corrected chi connectivity index (χ0v) is 9.71. The van der Waals surface area contributed by atoms with E-state index >= 15 is 0 Å². The highest BCUT2D eigenvalue weighted by Gasteiger charge is 2.10. The molecule has 0 bridgehead atoms. The Hall–Kier alpha value is -1.00. The SMILES string of the molecule is CCC(O)Cc1ncnc2sc(C)cc12. The number of thiophene rings is 1. The van der Waals surface area contributed by atoms with Crippen LogP contribution < -0.4 is 0 Å². The van der Waals surface area contributed by atoms with Crippen molar-refractivity contribution in [2.45, 2.75) is 32.8 Å². The normalized spacial score (nSPS) is 13.3. The van der Waals surface area contributed by atoms with E-state index in [9.17, 15) is 5.11 Å². The van der Waals surface area contributed by atoms with Crippen LogP contribution in [0.1, 0.15) is 23.9 Å². The minimum absolute atomic E-state index is 0.302. The third-order valence-electron chi connectivity index (χ3n) is 2.44. The first-order chi connectivity index (χ1) is 7.20. The van der Waals surface area contributed by atoms with Gasteiger partial charge in [-0.05, 0) is 19.4 Å². The monoisotopic (exact) mass is 222 g/mol. The van der Waals surface area contributed by atoms with Crippen molar-refractivity contribution in [1.29, 1.82) is 0 Å². The van der Waals surface area contributed by atoms with Gasteiger partial charge in [0.05, 0.1) is 11.8 Å². The minimum Gasteiger partial charge on any atom is -0.393 e. The quantitative estimate of drug-likeness (QED) is 0.866. The predicted octanol–water partition coefficient (Wildman–Crippen LogP) is 2.31. The van der Waals surface area contributed by atoms with Crippen molar-refractivity contribution in [2.75, 3.05) is 0 Å². The van der Waals surface area contributed by atoms with Gasteiger partial charge < -0.3 is 5.11 Å². The summed E-state index contributed by atoms with van der Waals surface area (Å²) in [6.45, 7) is 4.04. The lowest BCUT2D eigenvalue weighted by atomic mass is 10.1. The number of rotatable bonds is 3. The van der Waals surface area contributed by atoms with Crippen molar-refractivity contribution < 1.29 is 5.11 Å². The summed E-state index contributed by atoms with van der Waals surface area (Å²) in [4.78, 5) is 10.7. The maximum atomic E-state index is 9.62. The van der Waals surface area contributed by atoms with Crippen LogP contribution in [0.25, 0.3) is 10.2 Å². The number of fused-ring (bicyclic) bond motifs is 1. The van der Waals surface area contributed by atoms with Crippen molar-refractivity contribution >= 4 is 21.6 Å². The van der Waals surface area contributed by atoms with Crippen LogP contribution in [0.3, 0.4) is 0 Å². The zero-order chi connectivity index (χ0) is 10.8. The Balaban J connectivity index is 2.41. The first-order valence-electron chi connectivity index (χ1n) is 5.08. The average Bonchev–Trinajstić information content (AvgIpc) is 2.59. The summed E-state index contributed by atoms with van der Waals surface area (Å²) < 4.78 is 0. The molecule has 4 heteroatoms. The molecule has 0 radical (unpaired) electrons. The summed E-state index contributed by atoms with van der Waals surface area (Å²) >= 11 is 1.67. The van der Waals surface area contributed by atoms with Crippen LogP contribution in [0.15, 0.2) is 12.4 Å². The van der Waals surface area contributed by atoms with Gasteiger partial charge in [-0.2, -0.15) is 0 Å². The van der Waals surface area contributed by atoms with Crippen LogP contribution in [-0.2, 0) is 6.42 Å². The Bertz CT molecular complexity index is 467. The van der Waals surface area contributed by atoms with Crippen LogP contribution in [-0.4, -0.2) is 21.2 Å². The number of nitrogens with zero attached hydrogens (tertiary/aromatic N) is 2. The maximum Gasteiger partial charge on any atom is 0.127 e. The molecule has 0 saturated carbocycles. The third kappa shape index (κ3) is 2.16. The van der Waals surface area contributed by atoms with E-state index < -0.39 is 0 Å². The zero-order valence-electron chi connectivity index (χ0n) is 8.90. The number of aliphatic hydroxyl groups is 1. The van der Waals surface area contributed by atoms with Gasteiger partial charge in [0.2, 0.25) is 0 Å². The van der Waals surface area contributed by atoms with E-state index in [1.54, 1.807) is 17.7 Å². The van der Waals surface area contributed by atoms with Gasteiger partial charge in [-0.1, -0.05) is 6.92 Å². The molecular formula is C11H14N2OS. The Morgan fingerprint density at radius 2 is 2.27 bits per heavy atom. The minimum atomic E-state index is -0.302. The molecule has 0 aromatic carbocycles. The van der Waals surface area contributed by atoms with Gasteiger partial charge in [0.25, 0.3) is 0 Å².